The van der Waals surface area contributed by atoms with Crippen LogP contribution in [0.3, 0.4) is 0 Å². The second-order valence-corrected chi connectivity index (χ2v) is 8.35. The number of carbonyl (C=O) groups excluding carboxylic acids is 1. The van der Waals surface area contributed by atoms with Gasteiger partial charge in [0.2, 0.25) is 11.8 Å². The zero-order valence-corrected chi connectivity index (χ0v) is 18.2. The van der Waals surface area contributed by atoms with Crippen molar-refractivity contribution in [3.63, 3.8) is 0 Å². The number of alkyl halides is 2. The molecule has 2 fully saturated rings. The lowest BCUT2D eigenvalue weighted by atomic mass is 10.0. The fourth-order valence-electron chi connectivity index (χ4n) is 4.30. The van der Waals surface area contributed by atoms with Crippen molar-refractivity contribution in [3.8, 4) is 17.1 Å². The number of halogens is 2. The molecule has 1 amide bonds. The van der Waals surface area contributed by atoms with Crippen LogP contribution in [0, 0.1) is 5.92 Å². The van der Waals surface area contributed by atoms with Gasteiger partial charge < -0.3 is 19.7 Å². The van der Waals surface area contributed by atoms with Crippen LogP contribution in [0.5, 0.6) is 5.88 Å². The molecular weight excluding hydrogens is 432 g/mol. The summed E-state index contributed by atoms with van der Waals surface area (Å²) in [6, 6.07) is 9.63. The van der Waals surface area contributed by atoms with Gasteiger partial charge in [-0.05, 0) is 25.1 Å². The van der Waals surface area contributed by atoms with E-state index in [9.17, 15) is 13.6 Å². The Bertz CT molecular complexity index is 1140. The largest absolute Gasteiger partial charge is 0.473 e. The number of fused-ring (bicyclic) bond motifs is 1. The molecule has 1 aromatic carbocycles. The summed E-state index contributed by atoms with van der Waals surface area (Å²) >= 11 is 0. The van der Waals surface area contributed by atoms with Gasteiger partial charge in [0.1, 0.15) is 17.9 Å². The number of carbonyl (C=O) groups is 1. The summed E-state index contributed by atoms with van der Waals surface area (Å²) in [6.45, 7) is 2.61. The Morgan fingerprint density at radius 3 is 2.64 bits per heavy atom. The van der Waals surface area contributed by atoms with E-state index < -0.39 is 6.55 Å². The molecule has 2 aliphatic rings. The van der Waals surface area contributed by atoms with E-state index in [1.807, 2.05) is 31.2 Å². The Labute approximate surface area is 189 Å². The lowest BCUT2D eigenvalue weighted by Crippen LogP contribution is -2.36. The van der Waals surface area contributed by atoms with Crippen molar-refractivity contribution in [1.29, 1.82) is 0 Å². The minimum absolute atomic E-state index is 0.0414. The van der Waals surface area contributed by atoms with Crippen LogP contribution in [0.25, 0.3) is 22.3 Å². The number of hydrogen-bond acceptors (Lipinski definition) is 6. The molecule has 4 heterocycles. The Morgan fingerprint density at radius 1 is 1.21 bits per heavy atom. The SMILES string of the molecule is C[C@@H](Oc1nc(-c2ccc(N3CCOCC3)cc2)cc2ncn(C(F)F)c12)C1CNC(=O)C1. The molecule has 5 rings (SSSR count). The molecule has 0 saturated carbocycles. The molecule has 2 atom stereocenters. The van der Waals surface area contributed by atoms with E-state index in [0.717, 1.165) is 35.2 Å². The standard InChI is InChI=1S/C23H25F2N5O3/c1-14(16-10-20(31)26-12-16)33-22-21-19(27-13-30(21)23(24)25)11-18(28-22)15-2-4-17(5-3-15)29-6-8-32-9-7-29/h2-5,11,13-14,16,23H,6-10,12H2,1H3,(H,26,31)/t14-,16?/m1/s1. The molecule has 174 valence electrons. The van der Waals surface area contributed by atoms with E-state index in [0.29, 0.717) is 37.4 Å². The van der Waals surface area contributed by atoms with Crippen molar-refractivity contribution < 1.29 is 23.0 Å². The summed E-state index contributed by atoms with van der Waals surface area (Å²) in [4.78, 5) is 22.6. The molecule has 33 heavy (non-hydrogen) atoms. The molecule has 2 aliphatic heterocycles. The molecule has 10 heteroatoms. The number of rotatable bonds is 6. The molecule has 0 spiro atoms. The van der Waals surface area contributed by atoms with E-state index in [2.05, 4.69) is 20.2 Å². The molecular formula is C23H25F2N5O3. The zero-order chi connectivity index (χ0) is 22.9. The number of imidazole rings is 1. The maximum Gasteiger partial charge on any atom is 0.320 e. The van der Waals surface area contributed by atoms with Crippen LogP contribution in [0.4, 0.5) is 14.5 Å². The maximum atomic E-state index is 13.6. The van der Waals surface area contributed by atoms with Crippen molar-refractivity contribution in [2.75, 3.05) is 37.7 Å². The van der Waals surface area contributed by atoms with Gasteiger partial charge in [0.15, 0.2) is 0 Å². The van der Waals surface area contributed by atoms with Gasteiger partial charge in [-0.15, -0.1) is 0 Å². The number of nitrogens with one attached hydrogen (secondary N) is 1. The van der Waals surface area contributed by atoms with Crippen molar-refractivity contribution >= 4 is 22.6 Å². The number of amides is 1. The number of anilines is 1. The van der Waals surface area contributed by atoms with E-state index in [1.54, 1.807) is 6.07 Å². The van der Waals surface area contributed by atoms with Gasteiger partial charge in [-0.3, -0.25) is 9.36 Å². The second kappa shape index (κ2) is 8.93. The molecule has 0 bridgehead atoms. The molecule has 1 unspecified atom stereocenters. The van der Waals surface area contributed by atoms with Gasteiger partial charge in [0.05, 0.1) is 24.4 Å². The number of nitrogens with zero attached hydrogens (tertiary/aromatic N) is 4. The number of morpholine rings is 1. The van der Waals surface area contributed by atoms with Crippen LogP contribution in [0.2, 0.25) is 0 Å². The Kier molecular flexibility index (Phi) is 5.84. The van der Waals surface area contributed by atoms with E-state index in [1.165, 1.54) is 0 Å². The number of pyridine rings is 1. The third kappa shape index (κ3) is 4.35. The first kappa shape index (κ1) is 21.6. The lowest BCUT2D eigenvalue weighted by molar-refractivity contribution is -0.119. The summed E-state index contributed by atoms with van der Waals surface area (Å²) in [5.41, 5.74) is 3.02. The van der Waals surface area contributed by atoms with Crippen LogP contribution < -0.4 is 15.0 Å². The molecule has 2 aromatic heterocycles. The average Bonchev–Trinajstić information content (AvgIpc) is 3.46. The monoisotopic (exact) mass is 457 g/mol. The van der Waals surface area contributed by atoms with Crippen LogP contribution in [-0.2, 0) is 9.53 Å². The Balaban J connectivity index is 1.48. The van der Waals surface area contributed by atoms with Gasteiger partial charge >= 0.3 is 6.55 Å². The van der Waals surface area contributed by atoms with Crippen molar-refractivity contribution in [1.82, 2.24) is 19.9 Å². The number of ether oxygens (including phenoxy) is 2. The highest BCUT2D eigenvalue weighted by Gasteiger charge is 2.29. The first-order valence-corrected chi connectivity index (χ1v) is 11.0. The molecule has 2 saturated heterocycles. The van der Waals surface area contributed by atoms with Gasteiger partial charge in [-0.2, -0.15) is 8.78 Å². The Morgan fingerprint density at radius 2 is 1.97 bits per heavy atom. The molecule has 3 aromatic rings. The van der Waals surface area contributed by atoms with E-state index in [-0.39, 0.29) is 29.3 Å². The van der Waals surface area contributed by atoms with Crippen LogP contribution in [-0.4, -0.2) is 59.4 Å². The minimum atomic E-state index is -2.78. The van der Waals surface area contributed by atoms with Crippen LogP contribution >= 0.6 is 0 Å². The van der Waals surface area contributed by atoms with Crippen molar-refractivity contribution in [3.05, 3.63) is 36.7 Å². The highest BCUT2D eigenvalue weighted by molar-refractivity contribution is 5.85. The van der Waals surface area contributed by atoms with E-state index >= 15 is 0 Å². The topological polar surface area (TPSA) is 81.5 Å². The smallest absolute Gasteiger partial charge is 0.320 e. The summed E-state index contributed by atoms with van der Waals surface area (Å²) in [7, 11) is 0. The molecule has 8 nitrogen and oxygen atoms in total. The first-order valence-electron chi connectivity index (χ1n) is 11.0. The average molecular weight is 457 g/mol. The quantitative estimate of drug-likeness (QED) is 0.612. The van der Waals surface area contributed by atoms with Gasteiger partial charge in [-0.1, -0.05) is 12.1 Å². The third-order valence-electron chi connectivity index (χ3n) is 6.24. The van der Waals surface area contributed by atoms with Gasteiger partial charge in [-0.25, -0.2) is 9.97 Å². The van der Waals surface area contributed by atoms with Gasteiger partial charge in [0.25, 0.3) is 0 Å². The molecule has 0 radical (unpaired) electrons. The number of hydrogen-bond donors (Lipinski definition) is 1. The van der Waals surface area contributed by atoms with Gasteiger partial charge in [0, 0.05) is 43.2 Å². The fraction of sp³-hybridized carbons (Fsp3) is 0.435. The summed E-state index contributed by atoms with van der Waals surface area (Å²) in [6.07, 6.45) is 1.04. The van der Waals surface area contributed by atoms with E-state index in [4.69, 9.17) is 9.47 Å². The van der Waals surface area contributed by atoms with Crippen LogP contribution in [0.15, 0.2) is 36.7 Å². The predicted octanol–water partition coefficient (Wildman–Crippen LogP) is 3.23. The molecule has 0 aliphatic carbocycles. The predicted molar refractivity (Wildman–Crippen MR) is 118 cm³/mol. The summed E-state index contributed by atoms with van der Waals surface area (Å²) in [5, 5.41) is 2.78. The highest BCUT2D eigenvalue weighted by Crippen LogP contribution is 2.33. The lowest BCUT2D eigenvalue weighted by Gasteiger charge is -2.28. The second-order valence-electron chi connectivity index (χ2n) is 8.35. The molecule has 1 N–H and O–H groups in total. The number of aromatic nitrogens is 3. The van der Waals surface area contributed by atoms with Crippen molar-refractivity contribution in [2.45, 2.75) is 26.0 Å². The Hall–Kier alpha value is -3.27. The summed E-state index contributed by atoms with van der Waals surface area (Å²) in [5.74, 6) is -0.0153. The van der Waals surface area contributed by atoms with Crippen LogP contribution in [0.1, 0.15) is 19.9 Å². The summed E-state index contributed by atoms with van der Waals surface area (Å²) < 4.78 is 39.5. The highest BCUT2D eigenvalue weighted by atomic mass is 19.3. The maximum absolute atomic E-state index is 13.6. The fourth-order valence-corrected chi connectivity index (χ4v) is 4.30. The first-order chi connectivity index (χ1) is 16.0. The van der Waals surface area contributed by atoms with Crippen molar-refractivity contribution in [2.24, 2.45) is 5.92 Å². The normalized spacial score (nSPS) is 19.8. The minimum Gasteiger partial charge on any atom is -0.473 e. The number of benzene rings is 1. The zero-order valence-electron chi connectivity index (χ0n) is 18.2. The third-order valence-corrected chi connectivity index (χ3v) is 6.24.